The van der Waals surface area contributed by atoms with Crippen LogP contribution in [0.25, 0.3) is 0 Å². The number of aryl methyl sites for hydroxylation is 3. The van der Waals surface area contributed by atoms with Gasteiger partial charge in [0.2, 0.25) is 0 Å². The lowest BCUT2D eigenvalue weighted by atomic mass is 9.97. The smallest absolute Gasteiger partial charge is 0.191 e. The van der Waals surface area contributed by atoms with Gasteiger partial charge in [-0.1, -0.05) is 5.16 Å². The molecule has 0 unspecified atom stereocenters. The van der Waals surface area contributed by atoms with Crippen LogP contribution in [0.2, 0.25) is 0 Å². The molecule has 4 nitrogen and oxygen atoms in total. The van der Waals surface area contributed by atoms with Crippen molar-refractivity contribution in [3.63, 3.8) is 0 Å². The first-order valence-electron chi connectivity index (χ1n) is 6.71. The van der Waals surface area contributed by atoms with E-state index in [9.17, 15) is 0 Å². The molecular formula is C14H18N2O2S. The molecule has 19 heavy (non-hydrogen) atoms. The lowest BCUT2D eigenvalue weighted by molar-refractivity contribution is 0.369. The summed E-state index contributed by atoms with van der Waals surface area (Å²) in [6, 6.07) is 0. The molecule has 2 heterocycles. The molecule has 0 saturated heterocycles. The third-order valence-corrected chi connectivity index (χ3v) is 4.46. The highest BCUT2D eigenvalue weighted by molar-refractivity contribution is 7.97. The molecule has 0 radical (unpaired) electrons. The summed E-state index contributed by atoms with van der Waals surface area (Å²) in [4.78, 5) is 4.39. The monoisotopic (exact) mass is 278 g/mol. The molecule has 5 heteroatoms. The summed E-state index contributed by atoms with van der Waals surface area (Å²) in [7, 11) is 0. The number of thioether (sulfide) groups is 1. The maximum absolute atomic E-state index is 5.43. The zero-order valence-electron chi connectivity index (χ0n) is 11.4. The minimum atomic E-state index is 0.743. The van der Waals surface area contributed by atoms with Gasteiger partial charge in [0.05, 0.1) is 11.4 Å². The van der Waals surface area contributed by atoms with Gasteiger partial charge >= 0.3 is 0 Å². The van der Waals surface area contributed by atoms with Gasteiger partial charge in [-0.3, -0.25) is 0 Å². The lowest BCUT2D eigenvalue weighted by Crippen LogP contribution is -2.01. The van der Waals surface area contributed by atoms with Crippen molar-refractivity contribution in [3.8, 4) is 0 Å². The molecule has 102 valence electrons. The molecule has 2 aromatic heterocycles. The predicted molar refractivity (Wildman–Crippen MR) is 74.1 cm³/mol. The van der Waals surface area contributed by atoms with Crippen LogP contribution in [0.1, 0.15) is 47.2 Å². The van der Waals surface area contributed by atoms with Gasteiger partial charge in [-0.15, -0.1) is 11.8 Å². The number of nitrogens with zero attached hydrogens (tertiary/aromatic N) is 2. The molecule has 1 aliphatic carbocycles. The Morgan fingerprint density at radius 3 is 2.68 bits per heavy atom. The fourth-order valence-electron chi connectivity index (χ4n) is 2.51. The first kappa shape index (κ1) is 12.8. The van der Waals surface area contributed by atoms with Gasteiger partial charge in [-0.25, -0.2) is 4.98 Å². The van der Waals surface area contributed by atoms with E-state index in [1.807, 2.05) is 25.6 Å². The number of hydrogen-bond acceptors (Lipinski definition) is 5. The second-order valence-electron chi connectivity index (χ2n) is 4.97. The van der Waals surface area contributed by atoms with Crippen molar-refractivity contribution in [1.82, 2.24) is 10.1 Å². The summed E-state index contributed by atoms with van der Waals surface area (Å²) in [6.45, 7) is 3.85. The van der Waals surface area contributed by atoms with Crippen LogP contribution in [-0.2, 0) is 24.3 Å². The third-order valence-electron chi connectivity index (χ3n) is 3.51. The molecular weight excluding hydrogens is 260 g/mol. The van der Waals surface area contributed by atoms with Gasteiger partial charge in [-0.2, -0.15) is 0 Å². The predicted octanol–water partition coefficient (Wildman–Crippen LogP) is 3.59. The van der Waals surface area contributed by atoms with Crippen molar-refractivity contribution >= 4 is 11.8 Å². The second-order valence-corrected chi connectivity index (χ2v) is 5.95. The van der Waals surface area contributed by atoms with Crippen LogP contribution in [0.4, 0.5) is 0 Å². The summed E-state index contributed by atoms with van der Waals surface area (Å²) in [6.07, 6.45) is 4.66. The van der Waals surface area contributed by atoms with E-state index >= 15 is 0 Å². The van der Waals surface area contributed by atoms with Gasteiger partial charge in [0.25, 0.3) is 0 Å². The van der Waals surface area contributed by atoms with E-state index in [-0.39, 0.29) is 0 Å². The van der Waals surface area contributed by atoms with Crippen molar-refractivity contribution in [2.45, 2.75) is 51.0 Å². The summed E-state index contributed by atoms with van der Waals surface area (Å²) < 4.78 is 10.9. The van der Waals surface area contributed by atoms with Crippen LogP contribution in [0.15, 0.2) is 8.94 Å². The summed E-state index contributed by atoms with van der Waals surface area (Å²) in [5.74, 6) is 4.53. The highest BCUT2D eigenvalue weighted by Crippen LogP contribution is 2.28. The Hall–Kier alpha value is -1.23. The lowest BCUT2D eigenvalue weighted by Gasteiger charge is -2.08. The summed E-state index contributed by atoms with van der Waals surface area (Å²) in [5.41, 5.74) is 3.52. The Kier molecular flexibility index (Phi) is 3.64. The number of oxazole rings is 1. The Bertz CT molecular complexity index is 574. The fraction of sp³-hybridized carbons (Fsp3) is 0.571. The zero-order chi connectivity index (χ0) is 13.2. The van der Waals surface area contributed by atoms with Gasteiger partial charge in [0.15, 0.2) is 5.89 Å². The average molecular weight is 278 g/mol. The highest BCUT2D eigenvalue weighted by atomic mass is 32.2. The van der Waals surface area contributed by atoms with Crippen molar-refractivity contribution in [3.05, 3.63) is 34.4 Å². The molecule has 0 N–H and O–H groups in total. The topological polar surface area (TPSA) is 52.1 Å². The van der Waals surface area contributed by atoms with Gasteiger partial charge in [-0.05, 0) is 26.2 Å². The van der Waals surface area contributed by atoms with E-state index in [1.54, 1.807) is 0 Å². The van der Waals surface area contributed by atoms with E-state index in [2.05, 4.69) is 10.1 Å². The third kappa shape index (κ3) is 2.71. The largest absolute Gasteiger partial charge is 0.446 e. The average Bonchev–Trinajstić information content (AvgIpc) is 2.94. The van der Waals surface area contributed by atoms with Gasteiger partial charge in [0, 0.05) is 30.4 Å². The number of aromatic nitrogens is 2. The van der Waals surface area contributed by atoms with E-state index in [0.29, 0.717) is 0 Å². The van der Waals surface area contributed by atoms with E-state index in [1.165, 1.54) is 18.4 Å². The van der Waals surface area contributed by atoms with Crippen LogP contribution in [0.3, 0.4) is 0 Å². The first-order chi connectivity index (χ1) is 9.24. The van der Waals surface area contributed by atoms with E-state index in [0.717, 1.165) is 53.1 Å². The molecule has 0 atom stereocenters. The molecule has 1 aliphatic rings. The van der Waals surface area contributed by atoms with E-state index in [4.69, 9.17) is 8.94 Å². The normalized spacial score (nSPS) is 14.6. The van der Waals surface area contributed by atoms with Crippen molar-refractivity contribution in [2.75, 3.05) is 0 Å². The van der Waals surface area contributed by atoms with Gasteiger partial charge in [0.1, 0.15) is 11.5 Å². The molecule has 0 bridgehead atoms. The van der Waals surface area contributed by atoms with E-state index < -0.39 is 0 Å². The van der Waals surface area contributed by atoms with Crippen molar-refractivity contribution < 1.29 is 8.94 Å². The quantitative estimate of drug-likeness (QED) is 0.855. The number of hydrogen-bond donors (Lipinski definition) is 0. The zero-order valence-corrected chi connectivity index (χ0v) is 12.2. The molecule has 0 fully saturated rings. The summed E-state index contributed by atoms with van der Waals surface area (Å²) >= 11 is 1.82. The van der Waals surface area contributed by atoms with Crippen molar-refractivity contribution in [1.29, 1.82) is 0 Å². The number of rotatable bonds is 4. The molecule has 0 spiro atoms. The maximum Gasteiger partial charge on any atom is 0.191 e. The molecule has 0 aliphatic heterocycles. The molecule has 3 rings (SSSR count). The van der Waals surface area contributed by atoms with Crippen molar-refractivity contribution in [2.24, 2.45) is 0 Å². The highest BCUT2D eigenvalue weighted by Gasteiger charge is 2.19. The minimum absolute atomic E-state index is 0.743. The summed E-state index contributed by atoms with van der Waals surface area (Å²) in [5, 5.41) is 4.22. The van der Waals surface area contributed by atoms with Crippen LogP contribution in [0.5, 0.6) is 0 Å². The van der Waals surface area contributed by atoms with Crippen LogP contribution < -0.4 is 0 Å². The maximum atomic E-state index is 5.43. The Morgan fingerprint density at radius 2 is 1.89 bits per heavy atom. The van der Waals surface area contributed by atoms with Gasteiger partial charge < -0.3 is 8.94 Å². The van der Waals surface area contributed by atoms with Crippen LogP contribution in [-0.4, -0.2) is 10.1 Å². The molecule has 2 aromatic rings. The Morgan fingerprint density at radius 1 is 1.11 bits per heavy atom. The second kappa shape index (κ2) is 5.41. The Labute approximate surface area is 117 Å². The van der Waals surface area contributed by atoms with Crippen LogP contribution in [0, 0.1) is 13.8 Å². The molecule has 0 aromatic carbocycles. The SMILES string of the molecule is Cc1nc(CSCc2noc3c2CCCC3)c(C)o1. The standard InChI is InChI=1S/C14H18N2O2S/c1-9-12(15-10(2)17-9)7-19-8-13-11-5-3-4-6-14(11)18-16-13/h3-8H2,1-2H3. The molecule has 0 saturated carbocycles. The van der Waals surface area contributed by atoms with Crippen LogP contribution >= 0.6 is 11.8 Å². The fourth-order valence-corrected chi connectivity index (χ4v) is 3.50. The minimum Gasteiger partial charge on any atom is -0.446 e. The Balaban J connectivity index is 1.61. The number of fused-ring (bicyclic) bond motifs is 1. The first-order valence-corrected chi connectivity index (χ1v) is 7.86. The molecule has 0 amide bonds.